The third kappa shape index (κ3) is 4.01. The maximum atomic E-state index is 12.6. The number of hydrogen-bond donors (Lipinski definition) is 3. The number of thioether (sulfide) groups is 1. The van der Waals surface area contributed by atoms with E-state index in [4.69, 9.17) is 10.5 Å². The largest absolute Gasteiger partial charge is 0.497 e. The normalized spacial score (nSPS) is 13.4. The van der Waals surface area contributed by atoms with Crippen molar-refractivity contribution in [2.75, 3.05) is 18.4 Å². The van der Waals surface area contributed by atoms with E-state index in [9.17, 15) is 9.59 Å². The number of hydrazine groups is 1. The van der Waals surface area contributed by atoms with E-state index < -0.39 is 5.91 Å². The zero-order valence-corrected chi connectivity index (χ0v) is 16.9. The molecule has 0 unspecified atom stereocenters. The lowest BCUT2D eigenvalue weighted by atomic mass is 10.2. The highest BCUT2D eigenvalue weighted by atomic mass is 32.2. The number of carbonyl (C=O) groups is 2. The van der Waals surface area contributed by atoms with Crippen molar-refractivity contribution in [2.24, 2.45) is 5.73 Å². The molecule has 0 saturated carbocycles. The van der Waals surface area contributed by atoms with Gasteiger partial charge in [0.2, 0.25) is 0 Å². The fourth-order valence-corrected chi connectivity index (χ4v) is 3.98. The number of primary amides is 1. The summed E-state index contributed by atoms with van der Waals surface area (Å²) in [5.74, 6) is 0.598. The average Bonchev–Trinajstić information content (AvgIpc) is 3.15. The number of benzene rings is 2. The van der Waals surface area contributed by atoms with Crippen LogP contribution in [0.15, 0.2) is 71.5 Å². The van der Waals surface area contributed by atoms with Crippen LogP contribution in [0.5, 0.6) is 5.75 Å². The second-order valence-electron chi connectivity index (χ2n) is 6.45. The minimum absolute atomic E-state index is 0.178. The average molecular weight is 421 g/mol. The van der Waals surface area contributed by atoms with Gasteiger partial charge < -0.3 is 15.8 Å². The van der Waals surface area contributed by atoms with Gasteiger partial charge in [-0.25, -0.2) is 4.98 Å². The first-order valence-corrected chi connectivity index (χ1v) is 10.0. The SMILES string of the molecule is COc1ccc(C(=O)NC2=C(C(N)=O)N(Nc3cc4ccccc4cn3)CS2)cc1. The smallest absolute Gasteiger partial charge is 0.269 e. The summed E-state index contributed by atoms with van der Waals surface area (Å²) in [4.78, 5) is 29.1. The number of carbonyl (C=O) groups excluding carboxylic acids is 2. The molecule has 8 nitrogen and oxygen atoms in total. The molecular formula is C21H19N5O3S. The number of nitrogens with zero attached hydrogens (tertiary/aromatic N) is 2. The zero-order valence-electron chi connectivity index (χ0n) is 16.1. The maximum absolute atomic E-state index is 12.6. The summed E-state index contributed by atoms with van der Waals surface area (Å²) in [7, 11) is 1.56. The molecule has 0 spiro atoms. The lowest BCUT2D eigenvalue weighted by Crippen LogP contribution is -2.35. The highest BCUT2D eigenvalue weighted by Gasteiger charge is 2.29. The molecule has 1 aliphatic rings. The van der Waals surface area contributed by atoms with E-state index >= 15 is 0 Å². The molecule has 0 atom stereocenters. The summed E-state index contributed by atoms with van der Waals surface area (Å²) >= 11 is 1.30. The van der Waals surface area contributed by atoms with Crippen LogP contribution in [0.4, 0.5) is 5.82 Å². The van der Waals surface area contributed by atoms with Gasteiger partial charge in [0.25, 0.3) is 11.8 Å². The number of fused-ring (bicyclic) bond motifs is 1. The molecule has 0 saturated heterocycles. The molecule has 4 N–H and O–H groups in total. The fraction of sp³-hybridized carbons (Fsp3) is 0.0952. The topological polar surface area (TPSA) is 110 Å². The Morgan fingerprint density at radius 1 is 1.13 bits per heavy atom. The Bertz CT molecular complexity index is 1150. The number of aromatic nitrogens is 1. The summed E-state index contributed by atoms with van der Waals surface area (Å²) in [6.07, 6.45) is 1.75. The summed E-state index contributed by atoms with van der Waals surface area (Å²) in [6.45, 7) is 0. The Morgan fingerprint density at radius 3 is 2.57 bits per heavy atom. The van der Waals surface area contributed by atoms with Gasteiger partial charge >= 0.3 is 0 Å². The van der Waals surface area contributed by atoms with Crippen LogP contribution >= 0.6 is 11.8 Å². The van der Waals surface area contributed by atoms with Crippen molar-refractivity contribution >= 4 is 40.2 Å². The van der Waals surface area contributed by atoms with Crippen LogP contribution in [0.3, 0.4) is 0 Å². The quantitative estimate of drug-likeness (QED) is 0.561. The molecule has 0 fully saturated rings. The summed E-state index contributed by atoms with van der Waals surface area (Å²) in [5, 5.41) is 6.76. The molecule has 1 aliphatic heterocycles. The van der Waals surface area contributed by atoms with Crippen molar-refractivity contribution in [1.29, 1.82) is 0 Å². The highest BCUT2D eigenvalue weighted by molar-refractivity contribution is 8.03. The highest BCUT2D eigenvalue weighted by Crippen LogP contribution is 2.30. The molecule has 152 valence electrons. The number of amides is 2. The molecule has 1 aromatic heterocycles. The minimum atomic E-state index is -0.654. The second kappa shape index (κ2) is 8.34. The number of nitrogens with one attached hydrogen (secondary N) is 2. The van der Waals surface area contributed by atoms with E-state index in [1.165, 1.54) is 11.8 Å². The number of hydrogen-bond acceptors (Lipinski definition) is 7. The van der Waals surface area contributed by atoms with E-state index in [2.05, 4.69) is 15.7 Å². The second-order valence-corrected chi connectivity index (χ2v) is 7.41. The Kier molecular flexibility index (Phi) is 5.44. The van der Waals surface area contributed by atoms with Crippen LogP contribution in [-0.2, 0) is 4.79 Å². The third-order valence-electron chi connectivity index (χ3n) is 4.52. The van der Waals surface area contributed by atoms with Crippen molar-refractivity contribution in [3.05, 3.63) is 77.1 Å². The fourth-order valence-electron chi connectivity index (χ4n) is 3.01. The number of methoxy groups -OCH3 is 1. The number of ether oxygens (including phenoxy) is 1. The van der Waals surface area contributed by atoms with Crippen molar-refractivity contribution in [3.8, 4) is 5.75 Å². The van der Waals surface area contributed by atoms with Gasteiger partial charge in [-0.2, -0.15) is 0 Å². The lowest BCUT2D eigenvalue weighted by Gasteiger charge is -2.21. The van der Waals surface area contributed by atoms with Crippen molar-refractivity contribution < 1.29 is 14.3 Å². The van der Waals surface area contributed by atoms with Gasteiger partial charge in [-0.05, 0) is 35.7 Å². The van der Waals surface area contributed by atoms with E-state index in [1.54, 1.807) is 42.6 Å². The Morgan fingerprint density at radius 2 is 1.87 bits per heavy atom. The molecule has 2 heterocycles. The Labute approximate surface area is 177 Å². The molecule has 2 aromatic carbocycles. The van der Waals surface area contributed by atoms with Crippen molar-refractivity contribution in [3.63, 3.8) is 0 Å². The number of rotatable bonds is 6. The Hall–Kier alpha value is -3.72. The molecule has 0 aliphatic carbocycles. The number of nitrogens with two attached hydrogens (primary N) is 1. The monoisotopic (exact) mass is 421 g/mol. The molecule has 0 bridgehead atoms. The van der Waals surface area contributed by atoms with Crippen LogP contribution in [0.1, 0.15) is 10.4 Å². The van der Waals surface area contributed by atoms with Gasteiger partial charge in [-0.15, -0.1) is 0 Å². The van der Waals surface area contributed by atoms with E-state index in [-0.39, 0.29) is 11.6 Å². The van der Waals surface area contributed by atoms with Crippen LogP contribution < -0.4 is 21.2 Å². The predicted molar refractivity (Wildman–Crippen MR) is 116 cm³/mol. The summed E-state index contributed by atoms with van der Waals surface area (Å²) in [6, 6.07) is 16.4. The van der Waals surface area contributed by atoms with Gasteiger partial charge in [0.1, 0.15) is 16.6 Å². The van der Waals surface area contributed by atoms with Crippen LogP contribution in [-0.4, -0.2) is 34.8 Å². The standard InChI is InChI=1S/C21H19N5O3S/c1-29-16-8-6-13(7-9-16)20(28)24-21-18(19(22)27)26(12-30-21)25-17-10-14-4-2-3-5-15(14)11-23-17/h2-11H,12H2,1H3,(H2,22,27)(H,23,25)(H,24,28). The molecule has 0 radical (unpaired) electrons. The van der Waals surface area contributed by atoms with Crippen LogP contribution in [0, 0.1) is 0 Å². The van der Waals surface area contributed by atoms with Crippen LogP contribution in [0.2, 0.25) is 0 Å². The van der Waals surface area contributed by atoms with Crippen molar-refractivity contribution in [1.82, 2.24) is 15.3 Å². The third-order valence-corrected chi connectivity index (χ3v) is 5.49. The molecule has 3 aromatic rings. The predicted octanol–water partition coefficient (Wildman–Crippen LogP) is 2.66. The van der Waals surface area contributed by atoms with Gasteiger partial charge in [0.15, 0.2) is 5.70 Å². The van der Waals surface area contributed by atoms with E-state index in [0.29, 0.717) is 28.0 Å². The Balaban J connectivity index is 1.54. The first-order chi connectivity index (χ1) is 14.5. The minimum Gasteiger partial charge on any atom is -0.497 e. The molecule has 30 heavy (non-hydrogen) atoms. The van der Waals surface area contributed by atoms with Gasteiger partial charge in [0, 0.05) is 17.1 Å². The summed E-state index contributed by atoms with van der Waals surface area (Å²) in [5.41, 5.74) is 9.31. The first kappa shape index (κ1) is 19.6. The first-order valence-electron chi connectivity index (χ1n) is 9.06. The maximum Gasteiger partial charge on any atom is 0.269 e. The molecule has 4 rings (SSSR count). The van der Waals surface area contributed by atoms with Crippen LogP contribution in [0.25, 0.3) is 10.8 Å². The number of pyridine rings is 1. The van der Waals surface area contributed by atoms with E-state index in [1.807, 2.05) is 30.3 Å². The molecular weight excluding hydrogens is 402 g/mol. The summed E-state index contributed by atoms with van der Waals surface area (Å²) < 4.78 is 5.10. The number of anilines is 1. The van der Waals surface area contributed by atoms with E-state index in [0.717, 1.165) is 10.8 Å². The molecule has 2 amide bonds. The van der Waals surface area contributed by atoms with Gasteiger partial charge in [-0.1, -0.05) is 36.0 Å². The lowest BCUT2D eigenvalue weighted by molar-refractivity contribution is -0.115. The molecule has 9 heteroatoms. The van der Waals surface area contributed by atoms with Gasteiger partial charge in [0.05, 0.1) is 13.0 Å². The van der Waals surface area contributed by atoms with Gasteiger partial charge in [-0.3, -0.25) is 20.0 Å². The zero-order chi connectivity index (χ0) is 21.1. The van der Waals surface area contributed by atoms with Crippen molar-refractivity contribution in [2.45, 2.75) is 0 Å².